The lowest BCUT2D eigenvalue weighted by Gasteiger charge is -2.23. The van der Waals surface area contributed by atoms with Gasteiger partial charge in [-0.1, -0.05) is 0 Å². The molecule has 1 aromatic heterocycles. The number of carbonyl (C=O) groups excluding carboxylic acids is 1. The molecule has 7 heteroatoms. The zero-order valence-corrected chi connectivity index (χ0v) is 13.9. The lowest BCUT2D eigenvalue weighted by Crippen LogP contribution is -2.38. The van der Waals surface area contributed by atoms with E-state index in [0.29, 0.717) is 11.8 Å². The summed E-state index contributed by atoms with van der Waals surface area (Å²) in [6.07, 6.45) is 0.606. The van der Waals surface area contributed by atoms with E-state index < -0.39 is 9.84 Å². The Kier molecular flexibility index (Phi) is 3.91. The highest BCUT2D eigenvalue weighted by atomic mass is 32.2. The molecular weight excluding hydrogens is 319 g/mol. The van der Waals surface area contributed by atoms with E-state index in [-0.39, 0.29) is 35.7 Å². The first-order chi connectivity index (χ1) is 10.8. The van der Waals surface area contributed by atoms with Crippen LogP contribution in [0.2, 0.25) is 0 Å². The monoisotopic (exact) mass is 338 g/mol. The fourth-order valence-corrected chi connectivity index (χ4v) is 4.92. The van der Waals surface area contributed by atoms with Crippen LogP contribution in [0.25, 0.3) is 10.9 Å². The number of rotatable bonds is 3. The first kappa shape index (κ1) is 16.0. The number of nitrogens with zero attached hydrogens (tertiary/aromatic N) is 1. The number of amides is 1. The zero-order chi connectivity index (χ0) is 16.8. The fourth-order valence-electron chi connectivity index (χ4n) is 3.14. The highest BCUT2D eigenvalue weighted by molar-refractivity contribution is 7.91. The van der Waals surface area contributed by atoms with E-state index in [1.807, 2.05) is 6.92 Å². The van der Waals surface area contributed by atoms with Crippen molar-refractivity contribution in [3.63, 3.8) is 0 Å². The second kappa shape index (κ2) is 5.63. The van der Waals surface area contributed by atoms with Crippen LogP contribution in [-0.2, 0) is 21.1 Å². The Morgan fingerprint density at radius 3 is 2.83 bits per heavy atom. The summed E-state index contributed by atoms with van der Waals surface area (Å²) in [6, 6.07) is 4.18. The van der Waals surface area contributed by atoms with Crippen LogP contribution in [-0.4, -0.2) is 48.8 Å². The SMILES string of the molecule is Cc1[nH]c2ccc(F)cc2c1CC(=O)N(C)C1CCS(=O)(=O)C1. The number of sulfone groups is 1. The van der Waals surface area contributed by atoms with Gasteiger partial charge in [0.25, 0.3) is 0 Å². The first-order valence-electron chi connectivity index (χ1n) is 7.49. The lowest BCUT2D eigenvalue weighted by molar-refractivity contribution is -0.130. The number of aromatic nitrogens is 1. The normalized spacial score (nSPS) is 20.0. The number of aromatic amines is 1. The number of halogens is 1. The van der Waals surface area contributed by atoms with Crippen molar-refractivity contribution >= 4 is 26.6 Å². The number of hydrogen-bond donors (Lipinski definition) is 1. The molecule has 2 heterocycles. The standard InChI is InChI=1S/C16H19FN2O3S/c1-10-13(14-7-11(17)3-4-15(14)18-10)8-16(20)19(2)12-5-6-23(21,22)9-12/h3-4,7,12,18H,5-6,8-9H2,1-2H3. The number of likely N-dealkylation sites (N-methyl/N-ethyl adjacent to an activating group) is 1. The summed E-state index contributed by atoms with van der Waals surface area (Å²) in [4.78, 5) is 17.2. The molecule has 0 bridgehead atoms. The van der Waals surface area contributed by atoms with E-state index in [0.717, 1.165) is 16.8 Å². The molecule has 1 amide bonds. The van der Waals surface area contributed by atoms with Crippen molar-refractivity contribution in [2.75, 3.05) is 18.6 Å². The molecule has 1 unspecified atom stereocenters. The molecule has 0 aliphatic carbocycles. The number of aryl methyl sites for hydroxylation is 1. The van der Waals surface area contributed by atoms with Gasteiger partial charge in [-0.25, -0.2) is 12.8 Å². The van der Waals surface area contributed by atoms with Gasteiger partial charge in [0.15, 0.2) is 9.84 Å². The number of carbonyl (C=O) groups is 1. The van der Waals surface area contributed by atoms with E-state index in [2.05, 4.69) is 4.98 Å². The van der Waals surface area contributed by atoms with E-state index in [9.17, 15) is 17.6 Å². The van der Waals surface area contributed by atoms with Crippen molar-refractivity contribution in [3.8, 4) is 0 Å². The van der Waals surface area contributed by atoms with Crippen LogP contribution >= 0.6 is 0 Å². The van der Waals surface area contributed by atoms with Gasteiger partial charge in [-0.05, 0) is 37.1 Å². The quantitative estimate of drug-likeness (QED) is 0.928. The maximum absolute atomic E-state index is 13.5. The molecule has 5 nitrogen and oxygen atoms in total. The second-order valence-electron chi connectivity index (χ2n) is 6.16. The number of fused-ring (bicyclic) bond motifs is 1. The van der Waals surface area contributed by atoms with E-state index in [1.165, 1.54) is 17.0 Å². The van der Waals surface area contributed by atoms with Crippen LogP contribution in [0.5, 0.6) is 0 Å². The highest BCUT2D eigenvalue weighted by Gasteiger charge is 2.32. The predicted molar refractivity (Wildman–Crippen MR) is 86.5 cm³/mol. The van der Waals surface area contributed by atoms with Crippen molar-refractivity contribution in [1.82, 2.24) is 9.88 Å². The molecule has 0 radical (unpaired) electrons. The molecule has 124 valence electrons. The van der Waals surface area contributed by atoms with Crippen molar-refractivity contribution < 1.29 is 17.6 Å². The Morgan fingerprint density at radius 2 is 2.17 bits per heavy atom. The molecule has 1 saturated heterocycles. The Labute approximate surface area is 134 Å². The minimum Gasteiger partial charge on any atom is -0.358 e. The van der Waals surface area contributed by atoms with Gasteiger partial charge in [-0.15, -0.1) is 0 Å². The molecule has 1 aliphatic heterocycles. The van der Waals surface area contributed by atoms with Crippen LogP contribution in [0.15, 0.2) is 18.2 Å². The molecule has 1 fully saturated rings. The van der Waals surface area contributed by atoms with Crippen LogP contribution in [0.1, 0.15) is 17.7 Å². The third-order valence-electron chi connectivity index (χ3n) is 4.56. The Hall–Kier alpha value is -1.89. The van der Waals surface area contributed by atoms with Gasteiger partial charge >= 0.3 is 0 Å². The van der Waals surface area contributed by atoms with Crippen molar-refractivity contribution in [2.24, 2.45) is 0 Å². The van der Waals surface area contributed by atoms with Crippen LogP contribution in [0.4, 0.5) is 4.39 Å². The highest BCUT2D eigenvalue weighted by Crippen LogP contribution is 2.25. The van der Waals surface area contributed by atoms with E-state index >= 15 is 0 Å². The summed E-state index contributed by atoms with van der Waals surface area (Å²) in [7, 11) is -1.40. The number of hydrogen-bond acceptors (Lipinski definition) is 3. The lowest BCUT2D eigenvalue weighted by atomic mass is 10.1. The van der Waals surface area contributed by atoms with Gasteiger partial charge in [0.05, 0.1) is 17.9 Å². The third-order valence-corrected chi connectivity index (χ3v) is 6.31. The fraction of sp³-hybridized carbons (Fsp3) is 0.438. The number of H-pyrrole nitrogens is 1. The van der Waals surface area contributed by atoms with Crippen LogP contribution < -0.4 is 0 Å². The molecule has 1 N–H and O–H groups in total. The summed E-state index contributed by atoms with van der Waals surface area (Å²) < 4.78 is 36.6. The minimum atomic E-state index is -3.03. The molecule has 1 aromatic carbocycles. The summed E-state index contributed by atoms with van der Waals surface area (Å²) in [5.41, 5.74) is 2.38. The smallest absolute Gasteiger partial charge is 0.227 e. The average Bonchev–Trinajstić information content (AvgIpc) is 2.99. The zero-order valence-electron chi connectivity index (χ0n) is 13.1. The molecule has 3 rings (SSSR count). The molecule has 23 heavy (non-hydrogen) atoms. The topological polar surface area (TPSA) is 70.2 Å². The number of benzene rings is 1. The van der Waals surface area contributed by atoms with Crippen LogP contribution in [0.3, 0.4) is 0 Å². The van der Waals surface area contributed by atoms with E-state index in [1.54, 1.807) is 13.1 Å². The Bertz CT molecular complexity index is 873. The molecule has 1 atom stereocenters. The Balaban J connectivity index is 1.83. The van der Waals surface area contributed by atoms with Gasteiger partial charge in [0.1, 0.15) is 5.82 Å². The molecular formula is C16H19FN2O3S. The minimum absolute atomic E-state index is 0.0245. The van der Waals surface area contributed by atoms with Gasteiger partial charge in [-0.3, -0.25) is 4.79 Å². The van der Waals surface area contributed by atoms with E-state index in [4.69, 9.17) is 0 Å². The maximum atomic E-state index is 13.5. The van der Waals surface area contributed by atoms with Gasteiger partial charge in [0.2, 0.25) is 5.91 Å². The number of nitrogens with one attached hydrogen (secondary N) is 1. The van der Waals surface area contributed by atoms with Crippen LogP contribution in [0, 0.1) is 12.7 Å². The maximum Gasteiger partial charge on any atom is 0.227 e. The molecule has 2 aromatic rings. The second-order valence-corrected chi connectivity index (χ2v) is 8.39. The summed E-state index contributed by atoms with van der Waals surface area (Å²) >= 11 is 0. The average molecular weight is 338 g/mol. The summed E-state index contributed by atoms with van der Waals surface area (Å²) in [6.45, 7) is 1.85. The van der Waals surface area contributed by atoms with Crippen molar-refractivity contribution in [1.29, 1.82) is 0 Å². The summed E-state index contributed by atoms with van der Waals surface area (Å²) in [5.74, 6) is -0.343. The summed E-state index contributed by atoms with van der Waals surface area (Å²) in [5, 5.41) is 0.697. The molecule has 0 saturated carbocycles. The Morgan fingerprint density at radius 1 is 1.43 bits per heavy atom. The van der Waals surface area contributed by atoms with Crippen molar-refractivity contribution in [2.45, 2.75) is 25.8 Å². The van der Waals surface area contributed by atoms with Gasteiger partial charge < -0.3 is 9.88 Å². The first-order valence-corrected chi connectivity index (χ1v) is 9.32. The molecule has 0 spiro atoms. The van der Waals surface area contributed by atoms with Gasteiger partial charge in [-0.2, -0.15) is 0 Å². The largest absolute Gasteiger partial charge is 0.358 e. The predicted octanol–water partition coefficient (Wildman–Crippen LogP) is 1.80. The van der Waals surface area contributed by atoms with Crippen molar-refractivity contribution in [3.05, 3.63) is 35.3 Å². The molecule has 1 aliphatic rings. The van der Waals surface area contributed by atoms with Gasteiger partial charge in [0, 0.05) is 29.7 Å². The third kappa shape index (κ3) is 3.10.